The smallest absolute Gasteiger partial charge is 0.135 e. The van der Waals surface area contributed by atoms with Crippen LogP contribution in [0.15, 0.2) is 47.1 Å². The Balaban J connectivity index is 2.01. The van der Waals surface area contributed by atoms with E-state index in [1.807, 2.05) is 12.1 Å². The van der Waals surface area contributed by atoms with Crippen LogP contribution in [0, 0.1) is 0 Å². The molecule has 2 aliphatic heterocycles. The molecule has 0 fully saturated rings. The highest BCUT2D eigenvalue weighted by Gasteiger charge is 2.16. The van der Waals surface area contributed by atoms with Crippen molar-refractivity contribution < 1.29 is 4.42 Å². The Hall–Kier alpha value is -1.70. The van der Waals surface area contributed by atoms with E-state index in [-0.39, 0.29) is 0 Å². The molecule has 0 aromatic carbocycles. The Kier molecular flexibility index (Phi) is 1.98. The van der Waals surface area contributed by atoms with Crippen molar-refractivity contribution in [3.05, 3.63) is 42.7 Å². The largest absolute Gasteiger partial charge is 0.464 e. The van der Waals surface area contributed by atoms with Crippen LogP contribution in [-0.2, 0) is 0 Å². The summed E-state index contributed by atoms with van der Waals surface area (Å²) in [5.74, 6) is 0.974. The number of hydrogen-bond donors (Lipinski definition) is 0. The van der Waals surface area contributed by atoms with Crippen molar-refractivity contribution in [1.82, 2.24) is 0 Å². The third-order valence-electron chi connectivity index (χ3n) is 2.87. The third-order valence-corrected chi connectivity index (χ3v) is 2.87. The van der Waals surface area contributed by atoms with Crippen molar-refractivity contribution in [1.29, 1.82) is 0 Å². The highest BCUT2D eigenvalue weighted by molar-refractivity contribution is 5.79. The maximum Gasteiger partial charge on any atom is 0.135 e. The van der Waals surface area contributed by atoms with E-state index in [0.717, 1.165) is 25.3 Å². The van der Waals surface area contributed by atoms with Gasteiger partial charge in [-0.05, 0) is 30.7 Å². The molecular formula is C13H13NO. The number of hydrogen-bond acceptors (Lipinski definition) is 2. The Labute approximate surface area is 89.2 Å². The molecule has 0 spiro atoms. The van der Waals surface area contributed by atoms with Gasteiger partial charge in [0.2, 0.25) is 0 Å². The predicted octanol–water partition coefficient (Wildman–Crippen LogP) is 3.15. The van der Waals surface area contributed by atoms with Crippen molar-refractivity contribution >= 4 is 5.69 Å². The van der Waals surface area contributed by atoms with E-state index in [2.05, 4.69) is 29.2 Å². The van der Waals surface area contributed by atoms with Crippen molar-refractivity contribution in [2.24, 2.45) is 0 Å². The topological polar surface area (TPSA) is 16.4 Å². The van der Waals surface area contributed by atoms with Gasteiger partial charge in [-0.1, -0.05) is 12.2 Å². The summed E-state index contributed by atoms with van der Waals surface area (Å²) in [6, 6.07) is 8.26. The average Bonchev–Trinajstić information content (AvgIpc) is 2.74. The van der Waals surface area contributed by atoms with Gasteiger partial charge < -0.3 is 9.32 Å². The van der Waals surface area contributed by atoms with Crippen LogP contribution in [0.25, 0.3) is 11.3 Å². The molecule has 0 unspecified atom stereocenters. The van der Waals surface area contributed by atoms with Crippen LogP contribution in [0.2, 0.25) is 0 Å². The lowest BCUT2D eigenvalue weighted by Gasteiger charge is -2.25. The summed E-state index contributed by atoms with van der Waals surface area (Å²) in [6.45, 7) is 2.11. The molecule has 0 aromatic rings. The second kappa shape index (κ2) is 3.46. The minimum Gasteiger partial charge on any atom is -0.464 e. The summed E-state index contributed by atoms with van der Waals surface area (Å²) in [4.78, 5) is 2.39. The lowest BCUT2D eigenvalue weighted by atomic mass is 10.2. The SMILES string of the molecule is C1=CCN(c2ccc3occcc2-3)CC1. The first-order valence-electron chi connectivity index (χ1n) is 5.31. The molecule has 0 N–H and O–H groups in total. The van der Waals surface area contributed by atoms with E-state index in [0.29, 0.717) is 0 Å². The van der Waals surface area contributed by atoms with E-state index >= 15 is 0 Å². The molecule has 0 amide bonds. The fourth-order valence-electron chi connectivity index (χ4n) is 2.11. The zero-order valence-electron chi connectivity index (χ0n) is 8.52. The minimum atomic E-state index is 0.974. The number of anilines is 1. The normalized spacial score (nSPS) is 16.1. The van der Waals surface area contributed by atoms with Crippen LogP contribution >= 0.6 is 0 Å². The molecule has 0 bridgehead atoms. The van der Waals surface area contributed by atoms with Gasteiger partial charge in [-0.25, -0.2) is 0 Å². The molecule has 2 heteroatoms. The van der Waals surface area contributed by atoms with Crippen molar-refractivity contribution in [2.75, 3.05) is 18.0 Å². The Morgan fingerprint density at radius 2 is 2.13 bits per heavy atom. The van der Waals surface area contributed by atoms with Gasteiger partial charge in [0.05, 0.1) is 6.26 Å². The first kappa shape index (κ1) is 8.60. The van der Waals surface area contributed by atoms with E-state index in [4.69, 9.17) is 4.42 Å². The van der Waals surface area contributed by atoms with Gasteiger partial charge >= 0.3 is 0 Å². The molecule has 2 heterocycles. The van der Waals surface area contributed by atoms with Crippen LogP contribution in [-0.4, -0.2) is 13.1 Å². The van der Waals surface area contributed by atoms with Gasteiger partial charge in [0, 0.05) is 24.3 Å². The van der Waals surface area contributed by atoms with Crippen LogP contribution in [0.1, 0.15) is 6.42 Å². The molecule has 76 valence electrons. The van der Waals surface area contributed by atoms with Crippen molar-refractivity contribution in [3.8, 4) is 11.3 Å². The van der Waals surface area contributed by atoms with Gasteiger partial charge in [0.25, 0.3) is 0 Å². The first-order chi connectivity index (χ1) is 7.45. The summed E-state index contributed by atoms with van der Waals surface area (Å²) < 4.78 is 5.44. The molecule has 0 atom stereocenters. The second-order valence-corrected chi connectivity index (χ2v) is 3.82. The average molecular weight is 199 g/mol. The molecule has 0 radical (unpaired) electrons. The van der Waals surface area contributed by atoms with Gasteiger partial charge in [-0.2, -0.15) is 0 Å². The van der Waals surface area contributed by atoms with Crippen molar-refractivity contribution in [3.63, 3.8) is 0 Å². The molecule has 0 saturated heterocycles. The molecular weight excluding hydrogens is 186 g/mol. The van der Waals surface area contributed by atoms with Gasteiger partial charge in [0.15, 0.2) is 0 Å². The van der Waals surface area contributed by atoms with Crippen LogP contribution in [0.5, 0.6) is 0 Å². The molecule has 3 rings (SSSR count). The monoisotopic (exact) mass is 199 g/mol. The van der Waals surface area contributed by atoms with Crippen LogP contribution < -0.4 is 4.90 Å². The highest BCUT2D eigenvalue weighted by atomic mass is 16.3. The van der Waals surface area contributed by atoms with Gasteiger partial charge in [-0.15, -0.1) is 0 Å². The molecule has 0 aromatic heterocycles. The summed E-state index contributed by atoms with van der Waals surface area (Å²) in [5.41, 5.74) is 2.51. The van der Waals surface area contributed by atoms with E-state index in [1.54, 1.807) is 6.26 Å². The third kappa shape index (κ3) is 1.42. The predicted molar refractivity (Wildman–Crippen MR) is 61.3 cm³/mol. The number of nitrogens with zero attached hydrogens (tertiary/aromatic N) is 1. The van der Waals surface area contributed by atoms with Gasteiger partial charge in [-0.3, -0.25) is 0 Å². The van der Waals surface area contributed by atoms with Crippen LogP contribution in [0.3, 0.4) is 0 Å². The fourth-order valence-corrected chi connectivity index (χ4v) is 2.11. The fraction of sp³-hybridized carbons (Fsp3) is 0.231. The second-order valence-electron chi connectivity index (χ2n) is 3.82. The maximum absolute atomic E-state index is 5.44. The number of fused-ring (bicyclic) bond motifs is 1. The summed E-state index contributed by atoms with van der Waals surface area (Å²) >= 11 is 0. The molecule has 1 aliphatic carbocycles. The maximum atomic E-state index is 5.44. The Morgan fingerprint density at radius 3 is 3.00 bits per heavy atom. The zero-order chi connectivity index (χ0) is 10.1. The Bertz CT molecular complexity index is 458. The number of rotatable bonds is 1. The molecule has 3 aliphatic rings. The van der Waals surface area contributed by atoms with Crippen molar-refractivity contribution in [2.45, 2.75) is 6.42 Å². The highest BCUT2D eigenvalue weighted by Crippen LogP contribution is 2.35. The standard InChI is InChI=1S/C13H13NO/c1-2-8-14(9-3-1)12-6-7-13-11(12)5-4-10-15-13/h1-2,4-7,10H,3,8-9H2. The minimum absolute atomic E-state index is 0.974. The van der Waals surface area contributed by atoms with E-state index < -0.39 is 0 Å². The van der Waals surface area contributed by atoms with E-state index in [1.165, 1.54) is 11.3 Å². The lowest BCUT2D eigenvalue weighted by Crippen LogP contribution is -2.26. The zero-order valence-corrected chi connectivity index (χ0v) is 8.52. The lowest BCUT2D eigenvalue weighted by molar-refractivity contribution is 0.567. The summed E-state index contributed by atoms with van der Waals surface area (Å²) in [6.07, 6.45) is 7.33. The molecule has 15 heavy (non-hydrogen) atoms. The molecule has 0 saturated carbocycles. The summed E-state index contributed by atoms with van der Waals surface area (Å²) in [7, 11) is 0. The Morgan fingerprint density at radius 1 is 1.13 bits per heavy atom. The van der Waals surface area contributed by atoms with Gasteiger partial charge in [0.1, 0.15) is 5.76 Å². The summed E-state index contributed by atoms with van der Waals surface area (Å²) in [5, 5.41) is 0. The quantitative estimate of drug-likeness (QED) is 0.656. The molecule has 2 nitrogen and oxygen atoms in total. The first-order valence-corrected chi connectivity index (χ1v) is 5.31. The van der Waals surface area contributed by atoms with E-state index in [9.17, 15) is 0 Å². The van der Waals surface area contributed by atoms with Crippen LogP contribution in [0.4, 0.5) is 5.69 Å².